The lowest BCUT2D eigenvalue weighted by Crippen LogP contribution is -2.43. The van der Waals surface area contributed by atoms with E-state index >= 15 is 0 Å². The monoisotopic (exact) mass is 390 g/mol. The second kappa shape index (κ2) is 12.2. The molecule has 1 heterocycles. The first kappa shape index (κ1) is 23.8. The average molecular weight is 391 g/mol. The topological polar surface area (TPSA) is 44.4 Å². The number of benzene rings is 1. The lowest BCUT2D eigenvalue weighted by Gasteiger charge is -2.30. The largest absolute Gasteiger partial charge is 0.368 e. The van der Waals surface area contributed by atoms with Gasteiger partial charge < -0.3 is 15.5 Å². The molecule has 0 bridgehead atoms. The predicted molar refractivity (Wildman–Crippen MR) is 115 cm³/mol. The zero-order valence-electron chi connectivity index (χ0n) is 16.4. The highest BCUT2D eigenvalue weighted by molar-refractivity contribution is 6.36. The zero-order valence-corrected chi connectivity index (χ0v) is 17.1. The van der Waals surface area contributed by atoms with Crippen LogP contribution in [0.4, 0.5) is 5.69 Å². The van der Waals surface area contributed by atoms with Gasteiger partial charge in [0.25, 0.3) is 5.91 Å². The van der Waals surface area contributed by atoms with Gasteiger partial charge in [0, 0.05) is 32.7 Å². The third-order valence-electron chi connectivity index (χ3n) is 5.24. The quantitative estimate of drug-likeness (QED) is 0.798. The highest BCUT2D eigenvalue weighted by Crippen LogP contribution is 2.30. The molecule has 1 aliphatic carbocycles. The summed E-state index contributed by atoms with van der Waals surface area (Å²) in [6.45, 7) is 4.43. The Bertz CT molecular complexity index is 565. The van der Waals surface area contributed by atoms with Crippen LogP contribution in [0.1, 0.15) is 55.3 Å². The minimum atomic E-state index is -0.0588. The maximum atomic E-state index is 12.7. The average Bonchev–Trinajstić information content (AvgIpc) is 2.61. The number of piperazine rings is 1. The van der Waals surface area contributed by atoms with Crippen molar-refractivity contribution in [1.82, 2.24) is 10.6 Å². The van der Waals surface area contributed by atoms with Crippen LogP contribution in [0.25, 0.3) is 0 Å². The van der Waals surface area contributed by atoms with Gasteiger partial charge in [0.15, 0.2) is 0 Å². The van der Waals surface area contributed by atoms with Gasteiger partial charge in [-0.3, -0.25) is 4.79 Å². The summed E-state index contributed by atoms with van der Waals surface area (Å²) in [6, 6.07) is 5.77. The molecule has 27 heavy (non-hydrogen) atoms. The van der Waals surface area contributed by atoms with Crippen molar-refractivity contribution in [3.63, 3.8) is 0 Å². The van der Waals surface area contributed by atoms with Crippen molar-refractivity contribution in [1.29, 1.82) is 0 Å². The molecule has 0 unspecified atom stereocenters. The second-order valence-electron chi connectivity index (χ2n) is 7.08. The fraction of sp³-hybridized carbons (Fsp3) is 0.545. The normalized spacial score (nSPS) is 18.5. The number of rotatable bonds is 4. The molecule has 1 saturated carbocycles. The first-order valence-electron chi connectivity index (χ1n) is 9.61. The van der Waals surface area contributed by atoms with E-state index in [2.05, 4.69) is 15.5 Å². The first-order chi connectivity index (χ1) is 12.3. The van der Waals surface area contributed by atoms with Crippen LogP contribution in [0.5, 0.6) is 0 Å². The highest BCUT2D eigenvalue weighted by Gasteiger charge is 2.20. The number of hydrogen-bond acceptors (Lipinski definition) is 3. The van der Waals surface area contributed by atoms with Gasteiger partial charge in [-0.15, -0.1) is 0 Å². The van der Waals surface area contributed by atoms with Crippen LogP contribution in [0.2, 0.25) is 5.02 Å². The number of carbonyl (C=O) groups is 1. The fourth-order valence-electron chi connectivity index (χ4n) is 3.73. The molecule has 3 rings (SSSR count). The first-order valence-corrected chi connectivity index (χ1v) is 9.99. The van der Waals surface area contributed by atoms with Gasteiger partial charge in [-0.25, -0.2) is 0 Å². The van der Waals surface area contributed by atoms with E-state index < -0.39 is 0 Å². The van der Waals surface area contributed by atoms with E-state index in [4.69, 9.17) is 11.6 Å². The molecule has 5 radical (unpaired) electrons. The molecular formula is C22H33ClN3O. The maximum absolute atomic E-state index is 12.7. The molecule has 149 valence electrons. The molecule has 2 fully saturated rings. The van der Waals surface area contributed by atoms with Crippen molar-refractivity contribution in [2.45, 2.75) is 44.9 Å². The van der Waals surface area contributed by atoms with E-state index in [1.54, 1.807) is 0 Å². The molecule has 1 aliphatic heterocycles. The number of hydrogen-bond donors (Lipinski definition) is 2. The van der Waals surface area contributed by atoms with E-state index in [-0.39, 0.29) is 20.8 Å². The summed E-state index contributed by atoms with van der Waals surface area (Å²) < 4.78 is 0. The minimum Gasteiger partial charge on any atom is -0.368 e. The van der Waals surface area contributed by atoms with Crippen molar-refractivity contribution in [2.75, 3.05) is 37.6 Å². The molecule has 1 aromatic rings. The Morgan fingerprint density at radius 3 is 2.33 bits per heavy atom. The summed E-state index contributed by atoms with van der Waals surface area (Å²) in [6.07, 6.45) is 8.79. The highest BCUT2D eigenvalue weighted by atomic mass is 35.5. The van der Waals surface area contributed by atoms with E-state index in [0.29, 0.717) is 17.1 Å². The summed E-state index contributed by atoms with van der Waals surface area (Å²) in [5, 5.41) is 7.01. The predicted octanol–water partition coefficient (Wildman–Crippen LogP) is 4.45. The van der Waals surface area contributed by atoms with Crippen molar-refractivity contribution < 1.29 is 4.79 Å². The smallest absolute Gasteiger partial charge is 0.252 e. The number of carbonyl (C=O) groups excluding carboxylic acids is 1. The minimum absolute atomic E-state index is 0. The van der Waals surface area contributed by atoms with Crippen LogP contribution in [-0.2, 0) is 0 Å². The molecule has 1 saturated heterocycles. The SMILES string of the molecule is O=C(NC[C]1CCCCCCC1)c1cccc(N2CCNCC2)c1Cl.[CH2].[CH2]. The standard InChI is InChI=1S/C20H29ClN3O.2CH2/c21-19-17(9-6-10-18(19)24-13-11-22-12-14-24)20(25)23-15-16-7-4-2-1-3-5-8-16;;/h6,9-10,22H,1-5,7-8,11-15H2,(H,23,25);2*1H2. The van der Waals surface area contributed by atoms with Crippen LogP contribution in [-0.4, -0.2) is 38.6 Å². The maximum Gasteiger partial charge on any atom is 0.252 e. The molecule has 0 atom stereocenters. The molecule has 2 aliphatic rings. The van der Waals surface area contributed by atoms with Crippen molar-refractivity contribution in [2.24, 2.45) is 0 Å². The second-order valence-corrected chi connectivity index (χ2v) is 7.45. The van der Waals surface area contributed by atoms with Gasteiger partial charge in [-0.1, -0.05) is 64.6 Å². The molecule has 2 N–H and O–H groups in total. The molecular weight excluding hydrogens is 358 g/mol. The van der Waals surface area contributed by atoms with E-state index in [1.165, 1.54) is 38.0 Å². The van der Waals surface area contributed by atoms with Gasteiger partial charge in [0.05, 0.1) is 16.3 Å². The van der Waals surface area contributed by atoms with Gasteiger partial charge in [0.1, 0.15) is 0 Å². The number of nitrogens with one attached hydrogen (secondary N) is 2. The Morgan fingerprint density at radius 1 is 1.04 bits per heavy atom. The Balaban J connectivity index is 0.00000182. The zero-order chi connectivity index (χ0) is 17.5. The Labute approximate surface area is 171 Å². The van der Waals surface area contributed by atoms with Gasteiger partial charge in [-0.05, 0) is 30.9 Å². The van der Waals surface area contributed by atoms with Crippen molar-refractivity contribution in [3.05, 3.63) is 49.6 Å². The Kier molecular flexibility index (Phi) is 10.8. The fourth-order valence-corrected chi connectivity index (χ4v) is 4.06. The van der Waals surface area contributed by atoms with Crippen LogP contribution in [0.15, 0.2) is 18.2 Å². The van der Waals surface area contributed by atoms with Crippen molar-refractivity contribution >= 4 is 23.2 Å². The third-order valence-corrected chi connectivity index (χ3v) is 5.64. The molecule has 0 spiro atoms. The van der Waals surface area contributed by atoms with E-state index in [9.17, 15) is 4.79 Å². The molecule has 1 aromatic carbocycles. The Hall–Kier alpha value is -1.26. The molecule has 4 nitrogen and oxygen atoms in total. The van der Waals surface area contributed by atoms with Crippen LogP contribution in [0, 0.1) is 20.8 Å². The van der Waals surface area contributed by atoms with Crippen LogP contribution >= 0.6 is 11.6 Å². The van der Waals surface area contributed by atoms with Crippen molar-refractivity contribution in [3.8, 4) is 0 Å². The summed E-state index contributed by atoms with van der Waals surface area (Å²) in [5.41, 5.74) is 1.55. The van der Waals surface area contributed by atoms with Crippen LogP contribution in [0.3, 0.4) is 0 Å². The third kappa shape index (κ3) is 6.69. The van der Waals surface area contributed by atoms with Gasteiger partial charge in [-0.2, -0.15) is 0 Å². The number of amides is 1. The Morgan fingerprint density at radius 2 is 1.67 bits per heavy atom. The molecule has 1 amide bonds. The van der Waals surface area contributed by atoms with Gasteiger partial charge in [0.2, 0.25) is 0 Å². The van der Waals surface area contributed by atoms with Gasteiger partial charge >= 0.3 is 0 Å². The number of anilines is 1. The summed E-state index contributed by atoms with van der Waals surface area (Å²) in [4.78, 5) is 14.9. The lowest BCUT2D eigenvalue weighted by atomic mass is 9.91. The summed E-state index contributed by atoms with van der Waals surface area (Å²) in [5.74, 6) is 1.42. The van der Waals surface area contributed by atoms with Crippen LogP contribution < -0.4 is 15.5 Å². The van der Waals surface area contributed by atoms with E-state index in [0.717, 1.165) is 44.7 Å². The van der Waals surface area contributed by atoms with E-state index in [1.807, 2.05) is 18.2 Å². The summed E-state index contributed by atoms with van der Waals surface area (Å²) in [7, 11) is 0. The number of nitrogens with zero attached hydrogens (tertiary/aromatic N) is 1. The molecule has 5 heteroatoms. The lowest BCUT2D eigenvalue weighted by molar-refractivity contribution is 0.0954. The number of halogens is 1. The molecule has 0 aromatic heterocycles. The summed E-state index contributed by atoms with van der Waals surface area (Å²) >= 11 is 6.58.